The maximum atomic E-state index is 12.1. The summed E-state index contributed by atoms with van der Waals surface area (Å²) in [5.41, 5.74) is 1.74. The van der Waals surface area contributed by atoms with Gasteiger partial charge in [0.1, 0.15) is 5.82 Å². The van der Waals surface area contributed by atoms with Gasteiger partial charge in [-0.1, -0.05) is 18.5 Å². The Hall–Kier alpha value is -1.57. The number of halogens is 1. The highest BCUT2D eigenvalue weighted by molar-refractivity contribution is 7.90. The Bertz CT molecular complexity index is 863. The number of pyridine rings is 1. The van der Waals surface area contributed by atoms with Crippen LogP contribution in [0.5, 0.6) is 0 Å². The van der Waals surface area contributed by atoms with Crippen LogP contribution in [0.15, 0.2) is 29.6 Å². The van der Waals surface area contributed by atoms with Crippen molar-refractivity contribution in [2.24, 2.45) is 0 Å². The summed E-state index contributed by atoms with van der Waals surface area (Å²) in [5, 5.41) is 0.349. The number of sulfone groups is 1. The third-order valence-electron chi connectivity index (χ3n) is 4.70. The van der Waals surface area contributed by atoms with Gasteiger partial charge in [-0.15, -0.1) is 0 Å². The average molecular weight is 395 g/mol. The second-order valence-electron chi connectivity index (χ2n) is 6.72. The van der Waals surface area contributed by atoms with Crippen LogP contribution in [0.4, 0.5) is 0 Å². The summed E-state index contributed by atoms with van der Waals surface area (Å²) >= 11 is 5.95. The number of aryl methyl sites for hydroxylation is 1. The molecule has 26 heavy (non-hydrogen) atoms. The molecule has 0 spiro atoms. The van der Waals surface area contributed by atoms with E-state index < -0.39 is 9.84 Å². The van der Waals surface area contributed by atoms with Crippen molar-refractivity contribution in [1.29, 1.82) is 0 Å². The van der Waals surface area contributed by atoms with Crippen molar-refractivity contribution in [2.45, 2.75) is 43.5 Å². The van der Waals surface area contributed by atoms with Crippen molar-refractivity contribution in [3.8, 4) is 0 Å². The van der Waals surface area contributed by atoms with Crippen LogP contribution < -0.4 is 0 Å². The molecule has 140 valence electrons. The van der Waals surface area contributed by atoms with Gasteiger partial charge in [0.2, 0.25) is 0 Å². The highest BCUT2D eigenvalue weighted by Gasteiger charge is 2.27. The van der Waals surface area contributed by atoms with Crippen LogP contribution >= 0.6 is 11.6 Å². The van der Waals surface area contributed by atoms with Crippen molar-refractivity contribution in [3.05, 3.63) is 46.8 Å². The fourth-order valence-electron chi connectivity index (χ4n) is 3.30. The monoisotopic (exact) mass is 394 g/mol. The maximum absolute atomic E-state index is 12.1. The summed E-state index contributed by atoms with van der Waals surface area (Å²) in [4.78, 5) is 15.6. The Kier molecular flexibility index (Phi) is 5.89. The molecular weight excluding hydrogens is 372 g/mol. The quantitative estimate of drug-likeness (QED) is 0.776. The number of aromatic nitrogens is 3. The number of piperidine rings is 1. The van der Waals surface area contributed by atoms with E-state index in [-0.39, 0.29) is 10.8 Å². The Morgan fingerprint density at radius 1 is 1.15 bits per heavy atom. The number of nitrogens with zero attached hydrogens (tertiary/aromatic N) is 4. The minimum Gasteiger partial charge on any atom is -0.299 e. The van der Waals surface area contributed by atoms with E-state index in [1.165, 1.54) is 18.5 Å². The van der Waals surface area contributed by atoms with Crippen molar-refractivity contribution in [3.63, 3.8) is 0 Å². The molecule has 1 fully saturated rings. The zero-order valence-corrected chi connectivity index (χ0v) is 16.6. The van der Waals surface area contributed by atoms with Crippen LogP contribution in [0.25, 0.3) is 0 Å². The normalized spacial score (nSPS) is 16.7. The van der Waals surface area contributed by atoms with Crippen LogP contribution in [0.1, 0.15) is 42.8 Å². The summed E-state index contributed by atoms with van der Waals surface area (Å²) in [7, 11) is -3.35. The lowest BCUT2D eigenvalue weighted by Crippen LogP contribution is -2.33. The Balaban J connectivity index is 1.67. The van der Waals surface area contributed by atoms with E-state index in [2.05, 4.69) is 19.9 Å². The van der Waals surface area contributed by atoms with Crippen molar-refractivity contribution < 1.29 is 8.42 Å². The highest BCUT2D eigenvalue weighted by atomic mass is 35.5. The second kappa shape index (κ2) is 7.98. The fraction of sp³-hybridized carbons (Fsp3) is 0.500. The van der Waals surface area contributed by atoms with E-state index >= 15 is 0 Å². The third-order valence-corrected chi connectivity index (χ3v) is 6.04. The molecule has 0 aliphatic carbocycles. The van der Waals surface area contributed by atoms with Gasteiger partial charge in [0.05, 0.1) is 15.6 Å². The van der Waals surface area contributed by atoms with Crippen molar-refractivity contribution >= 4 is 21.4 Å². The molecule has 6 nitrogen and oxygen atoms in total. The molecule has 2 aromatic rings. The molecule has 2 aromatic heterocycles. The molecule has 1 aliphatic heterocycles. The summed E-state index contributed by atoms with van der Waals surface area (Å²) in [6.45, 7) is 4.61. The van der Waals surface area contributed by atoms with E-state index in [9.17, 15) is 8.42 Å². The van der Waals surface area contributed by atoms with Gasteiger partial charge in [-0.2, -0.15) is 0 Å². The van der Waals surface area contributed by atoms with E-state index in [0.29, 0.717) is 10.7 Å². The van der Waals surface area contributed by atoms with Gasteiger partial charge in [-0.25, -0.2) is 18.4 Å². The lowest BCUT2D eigenvalue weighted by molar-refractivity contribution is 0.202. The molecule has 0 atom stereocenters. The molecule has 0 amide bonds. The molecule has 1 saturated heterocycles. The molecule has 0 aromatic carbocycles. The molecule has 0 bridgehead atoms. The Morgan fingerprint density at radius 3 is 2.38 bits per heavy atom. The fourth-order valence-corrected chi connectivity index (χ4v) is 4.47. The van der Waals surface area contributed by atoms with Crippen LogP contribution in [-0.2, 0) is 22.8 Å². The number of likely N-dealkylation sites (tertiary alicyclic amines) is 1. The molecule has 3 rings (SSSR count). The van der Waals surface area contributed by atoms with Crippen LogP contribution in [0, 0.1) is 0 Å². The van der Waals surface area contributed by atoms with Crippen LogP contribution in [-0.4, -0.2) is 47.6 Å². The van der Waals surface area contributed by atoms with E-state index in [1.807, 2.05) is 19.3 Å². The van der Waals surface area contributed by atoms with Gasteiger partial charge in [0.25, 0.3) is 0 Å². The Labute approximate surface area is 159 Å². The van der Waals surface area contributed by atoms with E-state index in [0.717, 1.165) is 50.3 Å². The molecule has 1 aliphatic rings. The first-order valence-corrected chi connectivity index (χ1v) is 11.0. The predicted octanol–water partition coefficient (Wildman–Crippen LogP) is 2.87. The predicted molar refractivity (Wildman–Crippen MR) is 101 cm³/mol. The first kappa shape index (κ1) is 19.2. The third kappa shape index (κ3) is 4.58. The van der Waals surface area contributed by atoms with Crippen molar-refractivity contribution in [1.82, 2.24) is 19.9 Å². The van der Waals surface area contributed by atoms with E-state index in [4.69, 9.17) is 11.6 Å². The smallest absolute Gasteiger partial charge is 0.177 e. The second-order valence-corrected chi connectivity index (χ2v) is 9.14. The number of rotatable bonds is 5. The van der Waals surface area contributed by atoms with Gasteiger partial charge in [0, 0.05) is 49.3 Å². The van der Waals surface area contributed by atoms with Gasteiger partial charge >= 0.3 is 0 Å². The van der Waals surface area contributed by atoms with Gasteiger partial charge < -0.3 is 0 Å². The summed E-state index contributed by atoms with van der Waals surface area (Å²) in [6, 6.07) is 1.51. The van der Waals surface area contributed by atoms with Crippen molar-refractivity contribution in [2.75, 3.05) is 19.3 Å². The zero-order valence-electron chi connectivity index (χ0n) is 15.0. The summed E-state index contributed by atoms with van der Waals surface area (Å²) < 4.78 is 24.2. The zero-order chi connectivity index (χ0) is 18.7. The molecule has 8 heteroatoms. The van der Waals surface area contributed by atoms with Crippen LogP contribution in [0.3, 0.4) is 0 Å². The van der Waals surface area contributed by atoms with Crippen LogP contribution in [0.2, 0.25) is 5.02 Å². The highest BCUT2D eigenvalue weighted by Crippen LogP contribution is 2.32. The topological polar surface area (TPSA) is 76.1 Å². The SMILES string of the molecule is CCc1ncc(CN2CCC(c3ncc(Cl)cc3S(C)(=O)=O)CC2)cn1. The van der Waals surface area contributed by atoms with Gasteiger partial charge in [-0.3, -0.25) is 9.88 Å². The number of hydrogen-bond donors (Lipinski definition) is 0. The van der Waals surface area contributed by atoms with Gasteiger partial charge in [0.15, 0.2) is 9.84 Å². The van der Waals surface area contributed by atoms with E-state index in [1.54, 1.807) is 0 Å². The largest absolute Gasteiger partial charge is 0.299 e. The minimum atomic E-state index is -3.35. The minimum absolute atomic E-state index is 0.131. The first-order chi connectivity index (χ1) is 12.4. The number of hydrogen-bond acceptors (Lipinski definition) is 6. The molecule has 0 N–H and O–H groups in total. The summed E-state index contributed by atoms with van der Waals surface area (Å²) in [5.74, 6) is 0.988. The standard InChI is InChI=1S/C18H23ClN4O2S/c1-3-17-20-9-13(10-21-17)12-23-6-4-14(5-7-23)18-16(26(2,24)25)8-15(19)11-22-18/h8-11,14H,3-7,12H2,1-2H3. The summed E-state index contributed by atoms with van der Waals surface area (Å²) in [6.07, 6.45) is 9.09. The molecule has 0 saturated carbocycles. The molecule has 0 unspecified atom stereocenters. The average Bonchev–Trinajstić information content (AvgIpc) is 2.62. The lowest BCUT2D eigenvalue weighted by atomic mass is 9.93. The Morgan fingerprint density at radius 2 is 1.81 bits per heavy atom. The molecule has 0 radical (unpaired) electrons. The first-order valence-electron chi connectivity index (χ1n) is 8.74. The maximum Gasteiger partial charge on any atom is 0.177 e. The van der Waals surface area contributed by atoms with Gasteiger partial charge in [-0.05, 0) is 32.0 Å². The molecule has 3 heterocycles. The molecular formula is C18H23ClN4O2S. The lowest BCUT2D eigenvalue weighted by Gasteiger charge is -2.32.